The highest BCUT2D eigenvalue weighted by atomic mass is 16.5. The van der Waals surface area contributed by atoms with Gasteiger partial charge in [0.15, 0.2) is 0 Å². The standard InChI is InChI=1S/C15H18N2O4/c18-14-16-15(19)21-17(14)10-11-6-8-13(9-7-11)20-12-4-2-1-3-5-12/h6-9,12H,1-5,10H2,(H,16,18,19). The van der Waals surface area contributed by atoms with E-state index in [1.165, 1.54) is 19.3 Å². The van der Waals surface area contributed by atoms with E-state index >= 15 is 0 Å². The normalized spacial score (nSPS) is 16.0. The first-order valence-corrected chi connectivity index (χ1v) is 7.27. The van der Waals surface area contributed by atoms with Gasteiger partial charge in [-0.3, -0.25) is 0 Å². The third-order valence-corrected chi connectivity index (χ3v) is 3.73. The van der Waals surface area contributed by atoms with Gasteiger partial charge in [-0.15, -0.1) is 4.74 Å². The summed E-state index contributed by atoms with van der Waals surface area (Å²) in [5.41, 5.74) is 0.332. The largest absolute Gasteiger partial charge is 0.490 e. The van der Waals surface area contributed by atoms with Crippen molar-refractivity contribution in [2.75, 3.05) is 0 Å². The summed E-state index contributed by atoms with van der Waals surface area (Å²) in [7, 11) is 0. The van der Waals surface area contributed by atoms with Crippen molar-refractivity contribution in [3.8, 4) is 5.75 Å². The van der Waals surface area contributed by atoms with Gasteiger partial charge in [-0.25, -0.2) is 14.6 Å². The van der Waals surface area contributed by atoms with Gasteiger partial charge in [0.2, 0.25) is 0 Å². The Labute approximate surface area is 121 Å². The first-order chi connectivity index (χ1) is 10.2. The minimum Gasteiger partial charge on any atom is -0.490 e. The molecule has 0 amide bonds. The van der Waals surface area contributed by atoms with Crippen LogP contribution < -0.4 is 16.2 Å². The second kappa shape index (κ2) is 6.03. The number of hydrogen-bond acceptors (Lipinski definition) is 4. The average molecular weight is 290 g/mol. The van der Waals surface area contributed by atoms with Gasteiger partial charge in [0, 0.05) is 0 Å². The number of hydrogen-bond donors (Lipinski definition) is 1. The molecule has 0 radical (unpaired) electrons. The lowest BCUT2D eigenvalue weighted by atomic mass is 9.98. The zero-order valence-corrected chi connectivity index (χ0v) is 11.7. The number of nitrogens with one attached hydrogen (secondary N) is 1. The Kier molecular flexibility index (Phi) is 3.94. The molecule has 0 aliphatic heterocycles. The van der Waals surface area contributed by atoms with Gasteiger partial charge in [-0.2, -0.15) is 0 Å². The van der Waals surface area contributed by atoms with Gasteiger partial charge in [0.1, 0.15) is 5.75 Å². The maximum Gasteiger partial charge on any atom is 0.440 e. The van der Waals surface area contributed by atoms with E-state index in [2.05, 4.69) is 4.98 Å². The Bertz CT molecular complexity index is 689. The topological polar surface area (TPSA) is 77.2 Å². The first-order valence-electron chi connectivity index (χ1n) is 7.27. The lowest BCUT2D eigenvalue weighted by Crippen LogP contribution is -2.19. The zero-order chi connectivity index (χ0) is 14.7. The molecule has 6 heteroatoms. The molecule has 1 fully saturated rings. The zero-order valence-electron chi connectivity index (χ0n) is 11.7. The lowest BCUT2D eigenvalue weighted by molar-refractivity contribution is 0.155. The second-order valence-electron chi connectivity index (χ2n) is 5.37. The fourth-order valence-electron chi connectivity index (χ4n) is 2.63. The van der Waals surface area contributed by atoms with E-state index in [4.69, 9.17) is 9.26 Å². The Balaban J connectivity index is 1.65. The SMILES string of the molecule is O=c1[nH]c(=O)n(Cc2ccc(OC3CCCCC3)cc2)o1. The Morgan fingerprint density at radius 2 is 1.86 bits per heavy atom. The Morgan fingerprint density at radius 3 is 2.48 bits per heavy atom. The van der Waals surface area contributed by atoms with Crippen LogP contribution in [-0.4, -0.2) is 15.8 Å². The molecule has 0 bridgehead atoms. The van der Waals surface area contributed by atoms with Crippen molar-refractivity contribution in [1.82, 2.24) is 9.72 Å². The summed E-state index contributed by atoms with van der Waals surface area (Å²) < 4.78 is 11.7. The van der Waals surface area contributed by atoms with Gasteiger partial charge in [-0.05, 0) is 43.4 Å². The van der Waals surface area contributed by atoms with Crippen LogP contribution in [0.25, 0.3) is 0 Å². The summed E-state index contributed by atoms with van der Waals surface area (Å²) in [6.07, 6.45) is 6.32. The smallest absolute Gasteiger partial charge is 0.440 e. The molecular formula is C15H18N2O4. The van der Waals surface area contributed by atoms with Gasteiger partial charge in [0.25, 0.3) is 0 Å². The minimum absolute atomic E-state index is 0.223. The van der Waals surface area contributed by atoms with Crippen LogP contribution in [-0.2, 0) is 6.54 Å². The molecule has 1 aromatic heterocycles. The van der Waals surface area contributed by atoms with Crippen LogP contribution in [0.15, 0.2) is 38.4 Å². The molecule has 0 saturated heterocycles. The third-order valence-electron chi connectivity index (χ3n) is 3.73. The maximum atomic E-state index is 11.4. The van der Waals surface area contributed by atoms with E-state index in [0.717, 1.165) is 28.9 Å². The van der Waals surface area contributed by atoms with E-state index in [1.54, 1.807) is 0 Å². The molecule has 21 heavy (non-hydrogen) atoms. The van der Waals surface area contributed by atoms with Gasteiger partial charge in [-0.1, -0.05) is 18.6 Å². The van der Waals surface area contributed by atoms with E-state index in [1.807, 2.05) is 24.3 Å². The van der Waals surface area contributed by atoms with Crippen LogP contribution in [0.3, 0.4) is 0 Å². The van der Waals surface area contributed by atoms with Crippen LogP contribution in [0.1, 0.15) is 37.7 Å². The van der Waals surface area contributed by atoms with Crippen molar-refractivity contribution in [3.05, 3.63) is 50.9 Å². The first kappa shape index (κ1) is 13.7. The molecule has 1 aliphatic rings. The third kappa shape index (κ3) is 3.45. The van der Waals surface area contributed by atoms with Crippen LogP contribution in [0.4, 0.5) is 0 Å². The molecule has 3 rings (SSSR count). The molecule has 1 aliphatic carbocycles. The van der Waals surface area contributed by atoms with Crippen molar-refractivity contribution < 1.29 is 9.26 Å². The molecule has 1 N–H and O–H groups in total. The van der Waals surface area contributed by atoms with Gasteiger partial charge >= 0.3 is 11.4 Å². The number of rotatable bonds is 4. The number of aromatic nitrogens is 2. The summed E-state index contributed by atoms with van der Waals surface area (Å²) >= 11 is 0. The number of nitrogens with zero attached hydrogens (tertiary/aromatic N) is 1. The van der Waals surface area contributed by atoms with Gasteiger partial charge in [0.05, 0.1) is 12.6 Å². The highest BCUT2D eigenvalue weighted by Crippen LogP contribution is 2.23. The van der Waals surface area contributed by atoms with E-state index in [0.29, 0.717) is 6.10 Å². The molecule has 0 unspecified atom stereocenters. The summed E-state index contributed by atoms with van der Waals surface area (Å²) in [6, 6.07) is 7.52. The highest BCUT2D eigenvalue weighted by Gasteiger charge is 2.14. The predicted molar refractivity (Wildman–Crippen MR) is 76.6 cm³/mol. The molecule has 1 aromatic carbocycles. The van der Waals surface area contributed by atoms with Crippen molar-refractivity contribution in [2.24, 2.45) is 0 Å². The van der Waals surface area contributed by atoms with Gasteiger partial charge < -0.3 is 9.26 Å². The van der Waals surface area contributed by atoms with Crippen molar-refractivity contribution >= 4 is 0 Å². The van der Waals surface area contributed by atoms with E-state index in [-0.39, 0.29) is 6.54 Å². The summed E-state index contributed by atoms with van der Waals surface area (Å²) in [5, 5.41) is 0. The van der Waals surface area contributed by atoms with Crippen molar-refractivity contribution in [1.29, 1.82) is 0 Å². The molecule has 1 saturated carbocycles. The van der Waals surface area contributed by atoms with Crippen LogP contribution >= 0.6 is 0 Å². The molecule has 2 aromatic rings. The number of ether oxygens (including phenoxy) is 1. The van der Waals surface area contributed by atoms with Crippen LogP contribution in [0.2, 0.25) is 0 Å². The summed E-state index contributed by atoms with van der Waals surface area (Å²) in [6.45, 7) is 0.223. The molecule has 112 valence electrons. The van der Waals surface area contributed by atoms with E-state index in [9.17, 15) is 9.59 Å². The van der Waals surface area contributed by atoms with Crippen molar-refractivity contribution in [3.63, 3.8) is 0 Å². The number of benzene rings is 1. The van der Waals surface area contributed by atoms with Crippen LogP contribution in [0, 0.1) is 0 Å². The second-order valence-corrected chi connectivity index (χ2v) is 5.37. The lowest BCUT2D eigenvalue weighted by Gasteiger charge is -2.23. The van der Waals surface area contributed by atoms with E-state index < -0.39 is 11.4 Å². The maximum absolute atomic E-state index is 11.4. The highest BCUT2D eigenvalue weighted by molar-refractivity contribution is 5.27. The molecule has 0 atom stereocenters. The average Bonchev–Trinajstić information content (AvgIpc) is 2.80. The molecule has 0 spiro atoms. The molecule has 6 nitrogen and oxygen atoms in total. The summed E-state index contributed by atoms with van der Waals surface area (Å²) in [5.74, 6) is 0.103. The number of aromatic amines is 1. The molecular weight excluding hydrogens is 272 g/mol. The van der Waals surface area contributed by atoms with Crippen LogP contribution in [0.5, 0.6) is 5.75 Å². The Morgan fingerprint density at radius 1 is 1.14 bits per heavy atom. The quantitative estimate of drug-likeness (QED) is 0.932. The fourth-order valence-corrected chi connectivity index (χ4v) is 2.63. The minimum atomic E-state index is -0.739. The predicted octanol–water partition coefficient (Wildman–Crippen LogP) is 1.89. The monoisotopic (exact) mass is 290 g/mol. The fraction of sp³-hybridized carbons (Fsp3) is 0.467. The van der Waals surface area contributed by atoms with Crippen molar-refractivity contribution in [2.45, 2.75) is 44.8 Å². The number of H-pyrrole nitrogens is 1. The molecule has 1 heterocycles. The summed E-state index contributed by atoms with van der Waals surface area (Å²) in [4.78, 5) is 24.3. The Hall–Kier alpha value is -2.24.